The summed E-state index contributed by atoms with van der Waals surface area (Å²) in [5, 5.41) is 5.82. The minimum absolute atomic E-state index is 0.179. The molecule has 0 saturated heterocycles. The van der Waals surface area contributed by atoms with E-state index < -0.39 is 6.04 Å². The molecule has 20 heavy (non-hydrogen) atoms. The Bertz CT molecular complexity index is 463. The molecule has 2 N–H and O–H groups in total. The molecule has 1 rings (SSSR count). The molecule has 0 fully saturated rings. The van der Waals surface area contributed by atoms with Gasteiger partial charge in [-0.3, -0.25) is 9.59 Å². The van der Waals surface area contributed by atoms with Crippen LogP contribution >= 0.6 is 11.6 Å². The molecule has 1 atom stereocenters. The fraction of sp³-hybridized carbons (Fsp3) is 0.467. The Morgan fingerprint density at radius 2 is 1.95 bits per heavy atom. The standard InChI is InChI=1S/C15H21ClN2O2/c1-3-4-7-10-17-14(19)11(2)18-15(20)12-8-5-6-9-13(12)16/h5-6,8-9,11H,3-4,7,10H2,1-2H3,(H,17,19)(H,18,20)/t11-/m0/s1. The molecule has 1 aromatic carbocycles. The van der Waals surface area contributed by atoms with Crippen LogP contribution < -0.4 is 10.6 Å². The van der Waals surface area contributed by atoms with E-state index in [2.05, 4.69) is 17.6 Å². The Kier molecular flexibility index (Phi) is 7.09. The van der Waals surface area contributed by atoms with E-state index in [9.17, 15) is 9.59 Å². The fourth-order valence-electron chi connectivity index (χ4n) is 1.72. The first kappa shape index (κ1) is 16.5. The van der Waals surface area contributed by atoms with E-state index in [1.807, 2.05) is 0 Å². The third kappa shape index (κ3) is 5.21. The second-order valence-electron chi connectivity index (χ2n) is 4.67. The van der Waals surface area contributed by atoms with E-state index in [-0.39, 0.29) is 11.8 Å². The van der Waals surface area contributed by atoms with Crippen molar-refractivity contribution in [3.05, 3.63) is 34.9 Å². The highest BCUT2D eigenvalue weighted by Gasteiger charge is 2.17. The normalized spacial score (nSPS) is 11.8. The maximum absolute atomic E-state index is 12.0. The lowest BCUT2D eigenvalue weighted by Crippen LogP contribution is -2.45. The van der Waals surface area contributed by atoms with Gasteiger partial charge >= 0.3 is 0 Å². The Labute approximate surface area is 124 Å². The predicted molar refractivity (Wildman–Crippen MR) is 80.9 cm³/mol. The molecule has 0 aliphatic carbocycles. The molecule has 1 aromatic rings. The Morgan fingerprint density at radius 1 is 1.25 bits per heavy atom. The SMILES string of the molecule is CCCCCNC(=O)[C@H](C)NC(=O)c1ccccc1Cl. The molecular weight excluding hydrogens is 276 g/mol. The van der Waals surface area contributed by atoms with Gasteiger partial charge in [-0.05, 0) is 25.5 Å². The maximum atomic E-state index is 12.0. The monoisotopic (exact) mass is 296 g/mol. The molecule has 0 spiro atoms. The zero-order valence-electron chi connectivity index (χ0n) is 11.9. The minimum atomic E-state index is -0.583. The second-order valence-corrected chi connectivity index (χ2v) is 5.08. The summed E-state index contributed by atoms with van der Waals surface area (Å²) < 4.78 is 0. The van der Waals surface area contributed by atoms with Crippen LogP contribution in [0.4, 0.5) is 0 Å². The predicted octanol–water partition coefficient (Wildman–Crippen LogP) is 2.76. The molecule has 2 amide bonds. The number of hydrogen-bond donors (Lipinski definition) is 2. The van der Waals surface area contributed by atoms with Crippen molar-refractivity contribution in [2.45, 2.75) is 39.2 Å². The summed E-state index contributed by atoms with van der Waals surface area (Å²) in [5.41, 5.74) is 0.375. The number of carbonyl (C=O) groups is 2. The molecule has 0 aromatic heterocycles. The van der Waals surface area contributed by atoms with Gasteiger partial charge in [0.2, 0.25) is 5.91 Å². The number of carbonyl (C=O) groups excluding carboxylic acids is 2. The quantitative estimate of drug-likeness (QED) is 0.760. The smallest absolute Gasteiger partial charge is 0.253 e. The largest absolute Gasteiger partial charge is 0.354 e. The third-order valence-electron chi connectivity index (χ3n) is 2.94. The molecule has 4 nitrogen and oxygen atoms in total. The van der Waals surface area contributed by atoms with E-state index in [0.717, 1.165) is 19.3 Å². The first-order valence-electron chi connectivity index (χ1n) is 6.89. The molecule has 0 heterocycles. The maximum Gasteiger partial charge on any atom is 0.253 e. The number of hydrogen-bond acceptors (Lipinski definition) is 2. The van der Waals surface area contributed by atoms with Gasteiger partial charge in [-0.2, -0.15) is 0 Å². The van der Waals surface area contributed by atoms with E-state index in [4.69, 9.17) is 11.6 Å². The van der Waals surface area contributed by atoms with E-state index in [1.165, 1.54) is 0 Å². The first-order chi connectivity index (χ1) is 9.56. The lowest BCUT2D eigenvalue weighted by molar-refractivity contribution is -0.122. The number of halogens is 1. The number of benzene rings is 1. The number of rotatable bonds is 7. The van der Waals surface area contributed by atoms with Gasteiger partial charge in [-0.1, -0.05) is 43.5 Å². The summed E-state index contributed by atoms with van der Waals surface area (Å²) in [6.07, 6.45) is 3.14. The van der Waals surface area contributed by atoms with Crippen LogP contribution in [0.2, 0.25) is 5.02 Å². The van der Waals surface area contributed by atoms with Gasteiger partial charge in [-0.25, -0.2) is 0 Å². The van der Waals surface area contributed by atoms with Crippen molar-refractivity contribution in [2.24, 2.45) is 0 Å². The zero-order valence-corrected chi connectivity index (χ0v) is 12.7. The molecule has 0 saturated carbocycles. The van der Waals surface area contributed by atoms with Crippen molar-refractivity contribution in [1.82, 2.24) is 10.6 Å². The topological polar surface area (TPSA) is 58.2 Å². The van der Waals surface area contributed by atoms with Crippen LogP contribution in [0.5, 0.6) is 0 Å². The number of nitrogens with one attached hydrogen (secondary N) is 2. The highest BCUT2D eigenvalue weighted by Crippen LogP contribution is 2.14. The average molecular weight is 297 g/mol. The summed E-state index contributed by atoms with van der Waals surface area (Å²) in [5.74, 6) is -0.520. The molecule has 0 aliphatic heterocycles. The Morgan fingerprint density at radius 3 is 2.60 bits per heavy atom. The van der Waals surface area contributed by atoms with Gasteiger partial charge in [0.05, 0.1) is 10.6 Å². The van der Waals surface area contributed by atoms with Gasteiger partial charge in [0, 0.05) is 6.54 Å². The van der Waals surface area contributed by atoms with Crippen LogP contribution in [-0.2, 0) is 4.79 Å². The molecule has 0 unspecified atom stereocenters. The van der Waals surface area contributed by atoms with Crippen molar-refractivity contribution < 1.29 is 9.59 Å². The Hall–Kier alpha value is -1.55. The number of unbranched alkanes of at least 4 members (excludes halogenated alkanes) is 2. The summed E-state index contributed by atoms with van der Waals surface area (Å²) in [6.45, 7) is 4.40. The highest BCUT2D eigenvalue weighted by molar-refractivity contribution is 6.33. The van der Waals surface area contributed by atoms with Crippen molar-refractivity contribution in [3.8, 4) is 0 Å². The summed E-state index contributed by atoms with van der Waals surface area (Å²) >= 11 is 5.94. The van der Waals surface area contributed by atoms with Crippen LogP contribution in [0.15, 0.2) is 24.3 Å². The fourth-order valence-corrected chi connectivity index (χ4v) is 1.95. The van der Waals surface area contributed by atoms with E-state index in [1.54, 1.807) is 31.2 Å². The van der Waals surface area contributed by atoms with Crippen LogP contribution in [0, 0.1) is 0 Å². The van der Waals surface area contributed by atoms with Crippen LogP contribution in [0.3, 0.4) is 0 Å². The molecular formula is C15H21ClN2O2. The van der Waals surface area contributed by atoms with Crippen molar-refractivity contribution in [2.75, 3.05) is 6.54 Å². The summed E-state index contributed by atoms with van der Waals surface area (Å²) in [7, 11) is 0. The molecule has 0 bridgehead atoms. The molecule has 0 radical (unpaired) electrons. The van der Waals surface area contributed by atoms with Crippen molar-refractivity contribution in [1.29, 1.82) is 0 Å². The number of amides is 2. The highest BCUT2D eigenvalue weighted by atomic mass is 35.5. The van der Waals surface area contributed by atoms with Gasteiger partial charge in [0.1, 0.15) is 6.04 Å². The first-order valence-corrected chi connectivity index (χ1v) is 7.27. The third-order valence-corrected chi connectivity index (χ3v) is 3.27. The lowest BCUT2D eigenvalue weighted by Gasteiger charge is -2.14. The zero-order chi connectivity index (χ0) is 15.0. The van der Waals surface area contributed by atoms with Crippen LogP contribution in [0.25, 0.3) is 0 Å². The van der Waals surface area contributed by atoms with Crippen molar-refractivity contribution in [3.63, 3.8) is 0 Å². The lowest BCUT2D eigenvalue weighted by atomic mass is 10.2. The average Bonchev–Trinajstić information content (AvgIpc) is 2.43. The van der Waals surface area contributed by atoms with Crippen molar-refractivity contribution >= 4 is 23.4 Å². The van der Waals surface area contributed by atoms with Gasteiger partial charge in [-0.15, -0.1) is 0 Å². The Balaban J connectivity index is 2.45. The van der Waals surface area contributed by atoms with E-state index >= 15 is 0 Å². The minimum Gasteiger partial charge on any atom is -0.354 e. The van der Waals surface area contributed by atoms with Gasteiger partial charge in [0.25, 0.3) is 5.91 Å². The van der Waals surface area contributed by atoms with E-state index in [0.29, 0.717) is 17.1 Å². The van der Waals surface area contributed by atoms with Gasteiger partial charge in [0.15, 0.2) is 0 Å². The summed E-state index contributed by atoms with van der Waals surface area (Å²) in [4.78, 5) is 23.8. The molecule has 0 aliphatic rings. The van der Waals surface area contributed by atoms with Crippen LogP contribution in [-0.4, -0.2) is 24.4 Å². The molecule has 5 heteroatoms. The molecule has 110 valence electrons. The van der Waals surface area contributed by atoms with Crippen LogP contribution in [0.1, 0.15) is 43.5 Å². The van der Waals surface area contributed by atoms with Gasteiger partial charge < -0.3 is 10.6 Å². The second kappa shape index (κ2) is 8.59. The summed E-state index contributed by atoms with van der Waals surface area (Å²) in [6, 6.07) is 6.18.